The number of nitrogens with one attached hydrogen (secondary N) is 1. The molecule has 56 heavy (non-hydrogen) atoms. The Kier molecular flexibility index (Phi) is 11.8. The summed E-state index contributed by atoms with van der Waals surface area (Å²) in [6, 6.07) is 15.5. The lowest BCUT2D eigenvalue weighted by atomic mass is 9.79. The van der Waals surface area contributed by atoms with Crippen molar-refractivity contribution in [2.24, 2.45) is 11.8 Å². The molecule has 4 atom stereocenters. The van der Waals surface area contributed by atoms with E-state index in [1.54, 1.807) is 7.11 Å². The van der Waals surface area contributed by atoms with E-state index in [0.717, 1.165) is 97.7 Å². The molecule has 0 spiro atoms. The van der Waals surface area contributed by atoms with Crippen molar-refractivity contribution in [2.75, 3.05) is 39.1 Å². The zero-order valence-corrected chi connectivity index (χ0v) is 37.7. The highest BCUT2D eigenvalue weighted by molar-refractivity contribution is 6.76. The van der Waals surface area contributed by atoms with Crippen LogP contribution in [0.1, 0.15) is 59.3 Å². The number of aromatic nitrogens is 2. The topological polar surface area (TPSA) is 90.3 Å². The average molecular weight is 802 g/mol. The maximum Gasteiger partial charge on any atom is 0.410 e. The van der Waals surface area contributed by atoms with E-state index in [1.165, 1.54) is 11.0 Å². The molecule has 3 aromatic rings. The Morgan fingerprint density at radius 2 is 1.50 bits per heavy atom. The van der Waals surface area contributed by atoms with Gasteiger partial charge in [0, 0.05) is 47.0 Å². The molecule has 4 aliphatic rings. The molecule has 2 unspecified atom stereocenters. The molecule has 1 aliphatic carbocycles. The predicted octanol–water partition coefficient (Wildman–Crippen LogP) is 10.2. The molecule has 2 saturated heterocycles. The van der Waals surface area contributed by atoms with Crippen LogP contribution in [0, 0.1) is 11.8 Å². The lowest BCUT2D eigenvalue weighted by molar-refractivity contribution is -0.0108. The highest BCUT2D eigenvalue weighted by Crippen LogP contribution is 2.51. The molecule has 1 N–H and O–H groups in total. The average Bonchev–Trinajstić information content (AvgIpc) is 3.81. The van der Waals surface area contributed by atoms with Crippen molar-refractivity contribution >= 4 is 44.7 Å². The Balaban J connectivity index is 1.29. The van der Waals surface area contributed by atoms with E-state index in [0.29, 0.717) is 25.3 Å². The van der Waals surface area contributed by atoms with Gasteiger partial charge in [-0.05, 0) is 123 Å². The van der Waals surface area contributed by atoms with Gasteiger partial charge in [-0.15, -0.1) is 0 Å². The summed E-state index contributed by atoms with van der Waals surface area (Å²) in [6.45, 7) is 22.7. The Morgan fingerprint density at radius 3 is 2.07 bits per heavy atom. The first-order chi connectivity index (χ1) is 26.5. The van der Waals surface area contributed by atoms with Crippen molar-refractivity contribution < 1.29 is 23.7 Å². The van der Waals surface area contributed by atoms with Crippen molar-refractivity contribution in [3.05, 3.63) is 48.2 Å². The number of amides is 1. The van der Waals surface area contributed by atoms with Crippen LogP contribution in [0.3, 0.4) is 0 Å². The normalized spacial score (nSPS) is 22.6. The van der Waals surface area contributed by atoms with Crippen LogP contribution in [0.25, 0.3) is 27.7 Å². The second-order valence-corrected chi connectivity index (χ2v) is 31.4. The summed E-state index contributed by atoms with van der Waals surface area (Å²) in [4.78, 5) is 18.0. The highest BCUT2D eigenvalue weighted by atomic mass is 28.3. The number of anilines is 1. The Bertz CT molecular complexity index is 1870. The molecule has 3 fully saturated rings. The van der Waals surface area contributed by atoms with E-state index in [9.17, 15) is 4.79 Å². The molecule has 1 amide bonds. The number of nitrogens with zero attached hydrogens (tertiary/aromatic N) is 4. The fourth-order valence-electron chi connectivity index (χ4n) is 8.75. The first kappa shape index (κ1) is 40.9. The summed E-state index contributed by atoms with van der Waals surface area (Å²) < 4.78 is 26.9. The van der Waals surface area contributed by atoms with Gasteiger partial charge in [0.2, 0.25) is 0 Å². The largest absolute Gasteiger partial charge is 0.497 e. The first-order valence-corrected chi connectivity index (χ1v) is 28.5. The predicted molar refractivity (Wildman–Crippen MR) is 232 cm³/mol. The zero-order chi connectivity index (χ0) is 40.0. The van der Waals surface area contributed by atoms with Crippen molar-refractivity contribution in [2.45, 2.75) is 134 Å². The second-order valence-electron chi connectivity index (χ2n) is 20.2. The molecule has 4 heterocycles. The van der Waals surface area contributed by atoms with Crippen molar-refractivity contribution in [3.63, 3.8) is 0 Å². The minimum absolute atomic E-state index is 0.0938. The van der Waals surface area contributed by atoms with Gasteiger partial charge in [-0.25, -0.2) is 9.48 Å². The molecule has 3 aliphatic heterocycles. The lowest BCUT2D eigenvalue weighted by Gasteiger charge is -2.45. The molecular formula is C44H67N5O5Si2. The van der Waals surface area contributed by atoms with Gasteiger partial charge in [0.05, 0.1) is 19.3 Å². The number of piperidine rings is 1. The summed E-state index contributed by atoms with van der Waals surface area (Å²) in [7, 11) is -0.849. The molecular weight excluding hydrogens is 735 g/mol. The van der Waals surface area contributed by atoms with Gasteiger partial charge in [0.15, 0.2) is 0 Å². The third-order valence-electron chi connectivity index (χ3n) is 11.9. The summed E-state index contributed by atoms with van der Waals surface area (Å²) in [5.41, 5.74) is 3.08. The summed E-state index contributed by atoms with van der Waals surface area (Å²) >= 11 is 0. The minimum Gasteiger partial charge on any atom is -0.497 e. The third kappa shape index (κ3) is 9.51. The Labute approximate surface area is 337 Å². The van der Waals surface area contributed by atoms with E-state index >= 15 is 0 Å². The molecule has 10 nitrogen and oxygen atoms in total. The van der Waals surface area contributed by atoms with E-state index < -0.39 is 21.7 Å². The number of methoxy groups -OCH3 is 1. The SMILES string of the molecule is COc1ccc2ccc(-c3cnn4c3NC(C3C[C@H]5CC[C@@H](C3)N5C(=O)OC(C)(C)C)C(C3CC3)=C4N(COCC[Si](C)(C)C)COCC[Si](C)(C)C)cc2c1. The maximum absolute atomic E-state index is 13.5. The molecule has 2 bridgehead atoms. The number of ether oxygens (including phenoxy) is 4. The van der Waals surface area contributed by atoms with Crippen molar-refractivity contribution in [3.8, 4) is 16.9 Å². The molecule has 12 heteroatoms. The molecule has 2 aromatic carbocycles. The number of hydrogen-bond acceptors (Lipinski definition) is 8. The lowest BCUT2D eigenvalue weighted by Crippen LogP contribution is -2.52. The highest BCUT2D eigenvalue weighted by Gasteiger charge is 2.50. The Morgan fingerprint density at radius 1 is 0.875 bits per heavy atom. The third-order valence-corrected chi connectivity index (χ3v) is 15.3. The molecule has 7 rings (SSSR count). The van der Waals surface area contributed by atoms with Crippen molar-refractivity contribution in [1.82, 2.24) is 19.6 Å². The van der Waals surface area contributed by atoms with Gasteiger partial charge in [-0.1, -0.05) is 57.5 Å². The molecule has 306 valence electrons. The first-order valence-electron chi connectivity index (χ1n) is 21.1. The van der Waals surface area contributed by atoms with Gasteiger partial charge in [0.25, 0.3) is 0 Å². The van der Waals surface area contributed by atoms with Gasteiger partial charge in [-0.3, -0.25) is 0 Å². The number of hydrogen-bond donors (Lipinski definition) is 1. The molecule has 1 saturated carbocycles. The van der Waals surface area contributed by atoms with Crippen LogP contribution in [-0.2, 0) is 14.2 Å². The van der Waals surface area contributed by atoms with Gasteiger partial charge < -0.3 is 34.1 Å². The second kappa shape index (κ2) is 16.1. The van der Waals surface area contributed by atoms with Crippen LogP contribution in [-0.4, -0.2) is 99.3 Å². The van der Waals surface area contributed by atoms with Crippen LogP contribution >= 0.6 is 0 Å². The van der Waals surface area contributed by atoms with Crippen LogP contribution < -0.4 is 10.1 Å². The van der Waals surface area contributed by atoms with Crippen molar-refractivity contribution in [1.29, 1.82) is 0 Å². The van der Waals surface area contributed by atoms with Gasteiger partial charge >= 0.3 is 6.09 Å². The Hall–Kier alpha value is -3.33. The fraction of sp³-hybridized carbons (Fsp3) is 0.636. The maximum atomic E-state index is 13.5. The minimum atomic E-state index is -1.28. The van der Waals surface area contributed by atoms with E-state index in [4.69, 9.17) is 24.0 Å². The monoisotopic (exact) mass is 801 g/mol. The molecule has 0 radical (unpaired) electrons. The number of carbonyl (C=O) groups is 1. The van der Waals surface area contributed by atoms with Crippen LogP contribution in [0.5, 0.6) is 5.75 Å². The zero-order valence-electron chi connectivity index (χ0n) is 35.7. The number of carbonyl (C=O) groups excluding carboxylic acids is 1. The smallest absolute Gasteiger partial charge is 0.410 e. The van der Waals surface area contributed by atoms with E-state index in [1.807, 2.05) is 33.0 Å². The van der Waals surface area contributed by atoms with Crippen LogP contribution in [0.15, 0.2) is 48.2 Å². The van der Waals surface area contributed by atoms with Crippen LogP contribution in [0.4, 0.5) is 10.6 Å². The number of rotatable bonds is 15. The van der Waals surface area contributed by atoms with Crippen LogP contribution in [0.2, 0.25) is 51.4 Å². The molecule has 1 aromatic heterocycles. The van der Waals surface area contributed by atoms with E-state index in [-0.39, 0.29) is 24.2 Å². The quantitative estimate of drug-likeness (QED) is 0.0923. The number of benzene rings is 2. The van der Waals surface area contributed by atoms with Gasteiger partial charge in [-0.2, -0.15) is 5.10 Å². The van der Waals surface area contributed by atoms with Gasteiger partial charge in [0.1, 0.15) is 36.5 Å². The standard InChI is InChI=1S/C44H67N5O5Si2/c1-44(2,3)54-43(50)48-35-16-17-36(48)25-34(24-35)40-39(31-12-13-31)42(47(28-52-19-21-55(5,6)7)29-53-20-22-56(8,9)10)49-41(46-40)38(27-45-49)32-14-11-30-15-18-37(51-4)26-33(30)23-32/h11,14-15,18,23,26-27,31,34-36,40,46H,12-13,16-17,19-22,24-25,28-29H2,1-10H3/t34?,35-,36+,40?. The number of fused-ring (bicyclic) bond motifs is 4. The summed E-state index contributed by atoms with van der Waals surface area (Å²) in [5, 5.41) is 11.6. The fourth-order valence-corrected chi connectivity index (χ4v) is 10.3. The van der Waals surface area contributed by atoms with E-state index in [2.05, 4.69) is 89.4 Å². The summed E-state index contributed by atoms with van der Waals surface area (Å²) in [5.74, 6) is 3.77. The summed E-state index contributed by atoms with van der Waals surface area (Å²) in [6.07, 6.45) is 8.12.